The van der Waals surface area contributed by atoms with Gasteiger partial charge < -0.3 is 4.90 Å². The first kappa shape index (κ1) is 29.7. The number of hydrogen-bond acceptors (Lipinski definition) is 3. The fourth-order valence-corrected chi connectivity index (χ4v) is 5.24. The highest BCUT2D eigenvalue weighted by Gasteiger charge is 2.29. The van der Waals surface area contributed by atoms with Crippen LogP contribution in [-0.4, -0.2) is 11.7 Å². The van der Waals surface area contributed by atoms with E-state index in [1.165, 1.54) is 12.0 Å². The van der Waals surface area contributed by atoms with Crippen molar-refractivity contribution in [2.24, 2.45) is 21.7 Å². The molecule has 1 atom stereocenters. The van der Waals surface area contributed by atoms with Gasteiger partial charge in [0.2, 0.25) is 0 Å². The molecule has 198 valence electrons. The molecule has 3 nitrogen and oxygen atoms in total. The summed E-state index contributed by atoms with van der Waals surface area (Å²) in [6.07, 6.45) is 9.93. The molecule has 0 saturated heterocycles. The second-order valence-electron chi connectivity index (χ2n) is 12.0. The van der Waals surface area contributed by atoms with Crippen LogP contribution in [0.5, 0.6) is 0 Å². The molecule has 0 spiro atoms. The Balaban J connectivity index is 2.61. The Hall–Kier alpha value is -2.49. The van der Waals surface area contributed by atoms with Crippen molar-refractivity contribution in [3.8, 4) is 0 Å². The molecule has 0 aliphatic carbocycles. The van der Waals surface area contributed by atoms with E-state index in [-0.39, 0.29) is 22.6 Å². The molecule has 1 unspecified atom stereocenters. The van der Waals surface area contributed by atoms with Gasteiger partial charge in [0, 0.05) is 36.2 Å². The SMILES string of the molecule is C=N/C(=C\N(Cc1cccnc1CC)c1ccc(F)c(CC)c1)C(CC(C)(C)C)CC(C)(C)CCC. The van der Waals surface area contributed by atoms with Gasteiger partial charge in [-0.1, -0.05) is 67.9 Å². The third-order valence-corrected chi connectivity index (χ3v) is 6.88. The summed E-state index contributed by atoms with van der Waals surface area (Å²) in [6, 6.07) is 9.54. The average Bonchev–Trinajstić information content (AvgIpc) is 2.80. The van der Waals surface area contributed by atoms with E-state index in [0.717, 1.165) is 48.3 Å². The van der Waals surface area contributed by atoms with Crippen LogP contribution in [0.1, 0.15) is 97.9 Å². The summed E-state index contributed by atoms with van der Waals surface area (Å²) in [4.78, 5) is 11.4. The Morgan fingerprint density at radius 3 is 2.36 bits per heavy atom. The molecule has 0 N–H and O–H groups in total. The van der Waals surface area contributed by atoms with Gasteiger partial charge in [0.1, 0.15) is 5.82 Å². The number of nitrogens with zero attached hydrogens (tertiary/aromatic N) is 3. The molecule has 0 aliphatic rings. The number of aryl methyl sites for hydroxylation is 2. The zero-order chi connectivity index (χ0) is 26.9. The van der Waals surface area contributed by atoms with Crippen molar-refractivity contribution in [1.29, 1.82) is 0 Å². The van der Waals surface area contributed by atoms with Crippen LogP contribution < -0.4 is 4.90 Å². The second kappa shape index (κ2) is 13.2. The first-order chi connectivity index (χ1) is 16.9. The predicted molar refractivity (Wildman–Crippen MR) is 154 cm³/mol. The molecule has 0 fully saturated rings. The Morgan fingerprint density at radius 1 is 1.06 bits per heavy atom. The molecule has 0 radical (unpaired) electrons. The zero-order valence-electron chi connectivity index (χ0n) is 24.0. The van der Waals surface area contributed by atoms with E-state index in [2.05, 4.69) is 82.3 Å². The summed E-state index contributed by atoms with van der Waals surface area (Å²) in [5.41, 5.74) is 5.30. The normalized spacial score (nSPS) is 13.5. The highest BCUT2D eigenvalue weighted by molar-refractivity contribution is 5.53. The molecule has 0 saturated carbocycles. The van der Waals surface area contributed by atoms with Gasteiger partial charge in [0.15, 0.2) is 0 Å². The second-order valence-corrected chi connectivity index (χ2v) is 12.0. The number of hydrogen-bond donors (Lipinski definition) is 0. The molecular formula is C32H48FN3. The summed E-state index contributed by atoms with van der Waals surface area (Å²) in [7, 11) is 0. The van der Waals surface area contributed by atoms with Crippen molar-refractivity contribution in [2.45, 2.75) is 100 Å². The number of aromatic nitrogens is 1. The lowest BCUT2D eigenvalue weighted by molar-refractivity contribution is 0.215. The average molecular weight is 494 g/mol. The standard InChI is InChI=1S/C32H48FN3/c1-10-17-32(7,8)21-26(20-31(4,5)6)30(34-9)23-36(22-25-14-13-18-35-29(25)12-3)27-15-16-28(33)24(11-2)19-27/h13-16,18-19,23,26H,9-12,17,20-22H2,1-8H3/b30-23-. The molecule has 4 heteroatoms. The quantitative estimate of drug-likeness (QED) is 0.260. The fourth-order valence-electron chi connectivity index (χ4n) is 5.24. The van der Waals surface area contributed by atoms with Crippen LogP contribution in [0.2, 0.25) is 0 Å². The maximum atomic E-state index is 14.4. The van der Waals surface area contributed by atoms with Gasteiger partial charge >= 0.3 is 0 Å². The molecule has 1 aromatic heterocycles. The highest BCUT2D eigenvalue weighted by Crippen LogP contribution is 2.40. The van der Waals surface area contributed by atoms with E-state index in [1.807, 2.05) is 31.3 Å². The van der Waals surface area contributed by atoms with Crippen molar-refractivity contribution in [2.75, 3.05) is 4.90 Å². The molecular weight excluding hydrogens is 445 g/mol. The van der Waals surface area contributed by atoms with Crippen LogP contribution >= 0.6 is 0 Å². The number of anilines is 1. The lowest BCUT2D eigenvalue weighted by atomic mass is 9.73. The fraction of sp³-hybridized carbons (Fsp3) is 0.562. The van der Waals surface area contributed by atoms with Crippen molar-refractivity contribution in [1.82, 2.24) is 4.98 Å². The summed E-state index contributed by atoms with van der Waals surface area (Å²) in [6.45, 7) is 22.6. The molecule has 2 rings (SSSR count). The first-order valence-electron chi connectivity index (χ1n) is 13.6. The van der Waals surface area contributed by atoms with Crippen LogP contribution in [-0.2, 0) is 19.4 Å². The summed E-state index contributed by atoms with van der Waals surface area (Å²) < 4.78 is 14.4. The molecule has 0 bridgehead atoms. The lowest BCUT2D eigenvalue weighted by Gasteiger charge is -2.34. The van der Waals surface area contributed by atoms with Crippen LogP contribution in [0.4, 0.5) is 10.1 Å². The van der Waals surface area contributed by atoms with Crippen molar-refractivity contribution >= 4 is 12.4 Å². The lowest BCUT2D eigenvalue weighted by Crippen LogP contribution is -2.25. The van der Waals surface area contributed by atoms with E-state index < -0.39 is 0 Å². The topological polar surface area (TPSA) is 28.5 Å². The summed E-state index contributed by atoms with van der Waals surface area (Å²) in [5.74, 6) is 0.118. The predicted octanol–water partition coefficient (Wildman–Crippen LogP) is 9.16. The molecule has 1 aromatic carbocycles. The summed E-state index contributed by atoms with van der Waals surface area (Å²) in [5, 5.41) is 0. The number of pyridine rings is 1. The minimum absolute atomic E-state index is 0.158. The number of halogens is 1. The van der Waals surface area contributed by atoms with Gasteiger partial charge in [0.05, 0.1) is 5.70 Å². The maximum absolute atomic E-state index is 14.4. The number of aliphatic imine (C=N–C) groups is 1. The molecule has 1 heterocycles. The van der Waals surface area contributed by atoms with E-state index in [4.69, 9.17) is 0 Å². The van der Waals surface area contributed by atoms with Crippen LogP contribution in [0.15, 0.2) is 53.4 Å². The Bertz CT molecular complexity index is 1020. The Kier molecular flexibility index (Phi) is 10.9. The van der Waals surface area contributed by atoms with E-state index >= 15 is 0 Å². The van der Waals surface area contributed by atoms with E-state index in [1.54, 1.807) is 6.07 Å². The third-order valence-electron chi connectivity index (χ3n) is 6.88. The van der Waals surface area contributed by atoms with Crippen molar-refractivity contribution < 1.29 is 4.39 Å². The zero-order valence-corrected chi connectivity index (χ0v) is 24.0. The highest BCUT2D eigenvalue weighted by atomic mass is 19.1. The molecule has 36 heavy (non-hydrogen) atoms. The van der Waals surface area contributed by atoms with Gasteiger partial charge in [-0.15, -0.1) is 0 Å². The first-order valence-corrected chi connectivity index (χ1v) is 13.6. The van der Waals surface area contributed by atoms with Crippen molar-refractivity contribution in [3.63, 3.8) is 0 Å². The number of benzene rings is 1. The van der Waals surface area contributed by atoms with Gasteiger partial charge in [-0.25, -0.2) is 4.39 Å². The van der Waals surface area contributed by atoms with Crippen LogP contribution in [0.25, 0.3) is 0 Å². The molecule has 2 aromatic rings. The monoisotopic (exact) mass is 493 g/mol. The van der Waals surface area contributed by atoms with Crippen molar-refractivity contribution in [3.05, 3.63) is 71.1 Å². The molecule has 0 aliphatic heterocycles. The maximum Gasteiger partial charge on any atom is 0.126 e. The minimum atomic E-state index is -0.158. The number of rotatable bonds is 13. The third kappa shape index (κ3) is 8.87. The van der Waals surface area contributed by atoms with Gasteiger partial charge in [-0.05, 0) is 85.0 Å². The largest absolute Gasteiger partial charge is 0.342 e. The summed E-state index contributed by atoms with van der Waals surface area (Å²) >= 11 is 0. The van der Waals surface area contributed by atoms with E-state index in [0.29, 0.717) is 13.0 Å². The van der Waals surface area contributed by atoms with Gasteiger partial charge in [-0.3, -0.25) is 9.98 Å². The Morgan fingerprint density at radius 2 is 1.78 bits per heavy atom. The smallest absolute Gasteiger partial charge is 0.126 e. The number of allylic oxidation sites excluding steroid dienone is 1. The van der Waals surface area contributed by atoms with Crippen LogP contribution in [0, 0.1) is 22.6 Å². The van der Waals surface area contributed by atoms with Gasteiger partial charge in [-0.2, -0.15) is 0 Å². The minimum Gasteiger partial charge on any atom is -0.342 e. The van der Waals surface area contributed by atoms with E-state index in [9.17, 15) is 4.39 Å². The van der Waals surface area contributed by atoms with Crippen LogP contribution in [0.3, 0.4) is 0 Å². The molecule has 0 amide bonds. The Labute approximate surface area is 220 Å². The van der Waals surface area contributed by atoms with Gasteiger partial charge in [0.25, 0.3) is 0 Å².